The first-order chi connectivity index (χ1) is 10.8. The molecule has 0 radical (unpaired) electrons. The molecule has 0 saturated carbocycles. The minimum Gasteiger partial charge on any atom is -0.319 e. The number of hydrogen-bond acceptors (Lipinski definition) is 3. The van der Waals surface area contributed by atoms with E-state index in [-0.39, 0.29) is 22.7 Å². The number of nitrogens with one attached hydrogen (secondary N) is 2. The van der Waals surface area contributed by atoms with Crippen molar-refractivity contribution >= 4 is 21.6 Å². The second kappa shape index (κ2) is 6.84. The molecule has 2 N–H and O–H groups in total. The second-order valence-corrected chi connectivity index (χ2v) is 6.37. The third-order valence-electron chi connectivity index (χ3n) is 2.92. The van der Waals surface area contributed by atoms with Crippen LogP contribution in [0.1, 0.15) is 17.3 Å². The van der Waals surface area contributed by atoms with Gasteiger partial charge in [-0.1, -0.05) is 13.0 Å². The van der Waals surface area contributed by atoms with Crippen molar-refractivity contribution in [3.8, 4) is 0 Å². The summed E-state index contributed by atoms with van der Waals surface area (Å²) in [4.78, 5) is 12.0. The van der Waals surface area contributed by atoms with E-state index >= 15 is 0 Å². The van der Waals surface area contributed by atoms with E-state index in [9.17, 15) is 22.0 Å². The molecule has 1 amide bonds. The van der Waals surface area contributed by atoms with Crippen LogP contribution in [0.3, 0.4) is 0 Å². The number of carbonyl (C=O) groups is 1. The van der Waals surface area contributed by atoms with Crippen molar-refractivity contribution in [3.05, 3.63) is 59.7 Å². The summed E-state index contributed by atoms with van der Waals surface area (Å²) in [5.74, 6) is -2.39. The molecule has 2 rings (SSSR count). The summed E-state index contributed by atoms with van der Waals surface area (Å²) in [6, 6.07) is 8.04. The summed E-state index contributed by atoms with van der Waals surface area (Å²) in [5, 5.41) is 2.27. The lowest BCUT2D eigenvalue weighted by atomic mass is 10.2. The van der Waals surface area contributed by atoms with E-state index < -0.39 is 27.6 Å². The monoisotopic (exact) mass is 340 g/mol. The molecule has 0 saturated heterocycles. The molecule has 0 bridgehead atoms. The molecule has 0 heterocycles. The number of anilines is 1. The van der Waals surface area contributed by atoms with Gasteiger partial charge in [0.2, 0.25) is 10.0 Å². The molecule has 0 spiro atoms. The smallest absolute Gasteiger partial charge is 0.255 e. The van der Waals surface area contributed by atoms with Gasteiger partial charge in [-0.3, -0.25) is 4.79 Å². The number of benzene rings is 2. The second-order valence-electron chi connectivity index (χ2n) is 4.61. The first kappa shape index (κ1) is 17.0. The van der Waals surface area contributed by atoms with Gasteiger partial charge in [-0.2, -0.15) is 0 Å². The van der Waals surface area contributed by atoms with Crippen LogP contribution in [-0.2, 0) is 10.0 Å². The molecule has 2 aromatic carbocycles. The maximum Gasteiger partial charge on any atom is 0.255 e. The predicted octanol–water partition coefficient (Wildman–Crippen LogP) is 2.52. The Labute approximate surface area is 132 Å². The molecule has 8 heteroatoms. The lowest BCUT2D eigenvalue weighted by molar-refractivity contribution is 0.102. The van der Waals surface area contributed by atoms with Gasteiger partial charge in [-0.15, -0.1) is 0 Å². The highest BCUT2D eigenvalue weighted by atomic mass is 32.2. The Morgan fingerprint density at radius 2 is 1.87 bits per heavy atom. The van der Waals surface area contributed by atoms with Crippen LogP contribution in [0.5, 0.6) is 0 Å². The average molecular weight is 340 g/mol. The van der Waals surface area contributed by atoms with Crippen LogP contribution < -0.4 is 10.0 Å². The maximum absolute atomic E-state index is 13.5. The molecule has 0 aliphatic rings. The van der Waals surface area contributed by atoms with Crippen LogP contribution >= 0.6 is 0 Å². The normalized spacial score (nSPS) is 11.3. The minimum absolute atomic E-state index is 0.0349. The molecule has 0 unspecified atom stereocenters. The van der Waals surface area contributed by atoms with Crippen LogP contribution in [-0.4, -0.2) is 20.9 Å². The number of carbonyl (C=O) groups excluding carboxylic acids is 1. The molecular formula is C15H14F2N2O3S. The molecule has 0 aliphatic carbocycles. The molecule has 0 atom stereocenters. The zero-order valence-electron chi connectivity index (χ0n) is 12.1. The highest BCUT2D eigenvalue weighted by Gasteiger charge is 2.16. The Balaban J connectivity index is 2.27. The van der Waals surface area contributed by atoms with Crippen LogP contribution in [0.15, 0.2) is 47.4 Å². The summed E-state index contributed by atoms with van der Waals surface area (Å²) in [5.41, 5.74) is -0.163. The van der Waals surface area contributed by atoms with Gasteiger partial charge in [0.25, 0.3) is 5.91 Å². The van der Waals surface area contributed by atoms with Crippen molar-refractivity contribution in [2.75, 3.05) is 11.9 Å². The lowest BCUT2D eigenvalue weighted by Crippen LogP contribution is -2.23. The van der Waals surface area contributed by atoms with Gasteiger partial charge in [0.15, 0.2) is 0 Å². The van der Waals surface area contributed by atoms with Crippen LogP contribution in [0.4, 0.5) is 14.5 Å². The number of rotatable bonds is 5. The molecule has 0 fully saturated rings. The van der Waals surface area contributed by atoms with E-state index in [4.69, 9.17) is 0 Å². The molecule has 0 aliphatic heterocycles. The van der Waals surface area contributed by atoms with Gasteiger partial charge < -0.3 is 5.32 Å². The van der Waals surface area contributed by atoms with Crippen LogP contribution in [0, 0.1) is 11.6 Å². The van der Waals surface area contributed by atoms with E-state index in [1.165, 1.54) is 24.3 Å². The fourth-order valence-corrected chi connectivity index (χ4v) is 2.95. The van der Waals surface area contributed by atoms with E-state index in [2.05, 4.69) is 10.0 Å². The summed E-state index contributed by atoms with van der Waals surface area (Å²) >= 11 is 0. The molecule has 122 valence electrons. The molecule has 0 aromatic heterocycles. The van der Waals surface area contributed by atoms with Crippen molar-refractivity contribution in [1.29, 1.82) is 0 Å². The zero-order valence-corrected chi connectivity index (χ0v) is 13.0. The Hall–Kier alpha value is -2.32. The average Bonchev–Trinajstić information content (AvgIpc) is 2.50. The highest BCUT2D eigenvalue weighted by molar-refractivity contribution is 7.89. The number of amides is 1. The summed E-state index contributed by atoms with van der Waals surface area (Å²) in [6.07, 6.45) is 0. The largest absolute Gasteiger partial charge is 0.319 e. The summed E-state index contributed by atoms with van der Waals surface area (Å²) in [7, 11) is -3.71. The van der Waals surface area contributed by atoms with Crippen molar-refractivity contribution < 1.29 is 22.0 Å². The maximum atomic E-state index is 13.5. The fourth-order valence-electron chi connectivity index (χ4n) is 1.86. The quantitative estimate of drug-likeness (QED) is 0.878. The van der Waals surface area contributed by atoms with Crippen LogP contribution in [0.2, 0.25) is 0 Å². The van der Waals surface area contributed by atoms with E-state index in [0.29, 0.717) is 6.07 Å². The fraction of sp³-hybridized carbons (Fsp3) is 0.133. The molecular weight excluding hydrogens is 326 g/mol. The molecule has 5 nitrogen and oxygen atoms in total. The first-order valence-electron chi connectivity index (χ1n) is 6.69. The number of halogens is 2. The Bertz CT molecular complexity index is 838. The predicted molar refractivity (Wildman–Crippen MR) is 81.6 cm³/mol. The van der Waals surface area contributed by atoms with Crippen molar-refractivity contribution in [1.82, 2.24) is 4.72 Å². The van der Waals surface area contributed by atoms with Gasteiger partial charge in [0.1, 0.15) is 11.6 Å². The van der Waals surface area contributed by atoms with Gasteiger partial charge in [-0.25, -0.2) is 21.9 Å². The molecule has 23 heavy (non-hydrogen) atoms. The van der Waals surface area contributed by atoms with Crippen molar-refractivity contribution in [2.24, 2.45) is 0 Å². The third-order valence-corrected chi connectivity index (χ3v) is 4.46. The Kier molecular flexibility index (Phi) is 5.07. The Morgan fingerprint density at radius 1 is 1.13 bits per heavy atom. The molecule has 2 aromatic rings. The van der Waals surface area contributed by atoms with Gasteiger partial charge >= 0.3 is 0 Å². The highest BCUT2D eigenvalue weighted by Crippen LogP contribution is 2.17. The summed E-state index contributed by atoms with van der Waals surface area (Å²) < 4.78 is 52.5. The van der Waals surface area contributed by atoms with Gasteiger partial charge in [0.05, 0.1) is 10.6 Å². The third kappa shape index (κ3) is 4.11. The lowest BCUT2D eigenvalue weighted by Gasteiger charge is -2.09. The SMILES string of the molecule is CCNS(=O)(=O)c1cccc(C(=O)Nc2ccc(F)cc2F)c1. The van der Waals surface area contributed by atoms with Gasteiger partial charge in [-0.05, 0) is 30.3 Å². The van der Waals surface area contributed by atoms with Crippen molar-refractivity contribution in [2.45, 2.75) is 11.8 Å². The van der Waals surface area contributed by atoms with E-state index in [1.807, 2.05) is 0 Å². The Morgan fingerprint density at radius 3 is 2.52 bits per heavy atom. The topological polar surface area (TPSA) is 75.3 Å². The van der Waals surface area contributed by atoms with Crippen molar-refractivity contribution in [3.63, 3.8) is 0 Å². The first-order valence-corrected chi connectivity index (χ1v) is 8.18. The van der Waals surface area contributed by atoms with E-state index in [0.717, 1.165) is 12.1 Å². The minimum atomic E-state index is -3.71. The summed E-state index contributed by atoms with van der Waals surface area (Å²) in [6.45, 7) is 1.84. The number of sulfonamides is 1. The zero-order chi connectivity index (χ0) is 17.0. The number of hydrogen-bond donors (Lipinski definition) is 2. The standard InChI is InChI=1S/C15H14F2N2O3S/c1-2-18-23(21,22)12-5-3-4-10(8-12)15(20)19-14-7-6-11(16)9-13(14)17/h3-9,18H,2H2,1H3,(H,19,20). The van der Waals surface area contributed by atoms with Crippen LogP contribution in [0.25, 0.3) is 0 Å². The van der Waals surface area contributed by atoms with E-state index in [1.54, 1.807) is 6.92 Å². The van der Waals surface area contributed by atoms with Gasteiger partial charge in [0, 0.05) is 18.2 Å².